The first-order chi connectivity index (χ1) is 15.7. The van der Waals surface area contributed by atoms with Gasteiger partial charge >= 0.3 is 0 Å². The first-order valence-corrected chi connectivity index (χ1v) is 11.1. The maximum atomic E-state index is 12.7. The van der Waals surface area contributed by atoms with E-state index >= 15 is 0 Å². The number of nitrogens with one attached hydrogen (secondary N) is 2. The maximum Gasteiger partial charge on any atom is 0.237 e. The Balaban J connectivity index is 1.55. The van der Waals surface area contributed by atoms with Crippen LogP contribution in [-0.4, -0.2) is 69.6 Å². The number of anilines is 1. The minimum absolute atomic E-state index is 0.0889. The number of carbonyl (C=O) groups excluding carboxylic acids is 1. The Kier molecular flexibility index (Phi) is 5.81. The number of piperidine rings is 1. The predicted molar refractivity (Wildman–Crippen MR) is 121 cm³/mol. The molecular formula is C23H27N7O2. The monoisotopic (exact) mass is 433 g/mol. The molecule has 2 aromatic heterocycles. The number of likely N-dealkylation sites (N-methyl/N-ethyl adjacent to an activating group) is 1. The quantitative estimate of drug-likeness (QED) is 0.602. The summed E-state index contributed by atoms with van der Waals surface area (Å²) in [7, 11) is 2.01. The predicted octanol–water partition coefficient (Wildman–Crippen LogP) is 2.25. The Bertz CT molecular complexity index is 1110. The largest absolute Gasteiger partial charge is 0.491 e. The van der Waals surface area contributed by atoms with Crippen molar-refractivity contribution in [1.29, 1.82) is 0 Å². The summed E-state index contributed by atoms with van der Waals surface area (Å²) in [5, 5.41) is 6.60. The molecule has 1 fully saturated rings. The highest BCUT2D eigenvalue weighted by molar-refractivity contribution is 5.90. The van der Waals surface area contributed by atoms with Crippen molar-refractivity contribution in [1.82, 2.24) is 30.2 Å². The molecule has 2 N–H and O–H groups in total. The molecule has 0 saturated carbocycles. The van der Waals surface area contributed by atoms with E-state index in [-0.39, 0.29) is 18.0 Å². The van der Waals surface area contributed by atoms with Gasteiger partial charge in [-0.25, -0.2) is 15.0 Å². The molecule has 9 heteroatoms. The Morgan fingerprint density at radius 2 is 2.03 bits per heavy atom. The van der Waals surface area contributed by atoms with Gasteiger partial charge in [0.25, 0.3) is 0 Å². The Morgan fingerprint density at radius 1 is 1.16 bits per heavy atom. The number of benzene rings is 1. The van der Waals surface area contributed by atoms with Crippen LogP contribution in [0.2, 0.25) is 0 Å². The van der Waals surface area contributed by atoms with E-state index < -0.39 is 0 Å². The summed E-state index contributed by atoms with van der Waals surface area (Å²) in [6.07, 6.45) is 10.1. The van der Waals surface area contributed by atoms with Gasteiger partial charge < -0.3 is 15.4 Å². The van der Waals surface area contributed by atoms with Crippen LogP contribution in [0.3, 0.4) is 0 Å². The van der Waals surface area contributed by atoms with Gasteiger partial charge in [0.15, 0.2) is 5.75 Å². The number of aromatic nitrogens is 4. The lowest BCUT2D eigenvalue weighted by Gasteiger charge is -2.36. The van der Waals surface area contributed by atoms with E-state index in [0.29, 0.717) is 30.2 Å². The van der Waals surface area contributed by atoms with Gasteiger partial charge in [0.05, 0.1) is 24.4 Å². The lowest BCUT2D eigenvalue weighted by Crippen LogP contribution is -2.52. The number of amides is 1. The van der Waals surface area contributed by atoms with Crippen molar-refractivity contribution in [2.45, 2.75) is 37.8 Å². The molecule has 0 spiro atoms. The van der Waals surface area contributed by atoms with Gasteiger partial charge in [-0.2, -0.15) is 0 Å². The second-order valence-electron chi connectivity index (χ2n) is 8.40. The van der Waals surface area contributed by atoms with Crippen molar-refractivity contribution in [2.75, 3.05) is 32.1 Å². The van der Waals surface area contributed by atoms with Crippen LogP contribution in [0.5, 0.6) is 5.75 Å². The zero-order chi connectivity index (χ0) is 21.9. The van der Waals surface area contributed by atoms with Crippen LogP contribution in [0.1, 0.15) is 25.7 Å². The van der Waals surface area contributed by atoms with Gasteiger partial charge in [-0.3, -0.25) is 14.7 Å². The van der Waals surface area contributed by atoms with Crippen molar-refractivity contribution in [3.05, 3.63) is 37.1 Å². The number of fused-ring (bicyclic) bond motifs is 3. The van der Waals surface area contributed by atoms with Crippen molar-refractivity contribution in [3.8, 4) is 16.9 Å². The average molecular weight is 434 g/mol. The molecule has 32 heavy (non-hydrogen) atoms. The second kappa shape index (κ2) is 9.04. The molecule has 3 aromatic rings. The highest BCUT2D eigenvalue weighted by Crippen LogP contribution is 2.35. The fraction of sp³-hybridized carbons (Fsp3) is 0.435. The minimum atomic E-state index is -0.142. The van der Waals surface area contributed by atoms with Crippen LogP contribution >= 0.6 is 0 Å². The maximum absolute atomic E-state index is 12.7. The van der Waals surface area contributed by atoms with Crippen molar-refractivity contribution in [2.24, 2.45) is 0 Å². The molecule has 166 valence electrons. The molecule has 9 nitrogen and oxygen atoms in total. The summed E-state index contributed by atoms with van der Waals surface area (Å²) < 4.78 is 6.26. The van der Waals surface area contributed by atoms with Crippen LogP contribution < -0.4 is 15.4 Å². The Morgan fingerprint density at radius 3 is 2.91 bits per heavy atom. The molecule has 1 saturated heterocycles. The van der Waals surface area contributed by atoms with Crippen molar-refractivity contribution >= 4 is 22.8 Å². The third-order valence-electron chi connectivity index (χ3n) is 6.18. The van der Waals surface area contributed by atoms with Crippen LogP contribution in [0.25, 0.3) is 22.2 Å². The highest BCUT2D eigenvalue weighted by Gasteiger charge is 2.31. The molecule has 1 aromatic carbocycles. The fourth-order valence-corrected chi connectivity index (χ4v) is 4.39. The highest BCUT2D eigenvalue weighted by atomic mass is 16.5. The SMILES string of the molecule is CN1CC[C@H]2C[C@H]1C(=O)NCCCCOc1c(-c3cncnc3)ccc3ncc(nc13)N2. The van der Waals surface area contributed by atoms with Crippen LogP contribution in [0.15, 0.2) is 37.1 Å². The van der Waals surface area contributed by atoms with E-state index in [1.54, 1.807) is 18.6 Å². The smallest absolute Gasteiger partial charge is 0.237 e. The lowest BCUT2D eigenvalue weighted by atomic mass is 9.97. The molecule has 4 bridgehead atoms. The summed E-state index contributed by atoms with van der Waals surface area (Å²) in [6.45, 7) is 2.01. The zero-order valence-electron chi connectivity index (χ0n) is 18.1. The number of ether oxygens (including phenoxy) is 1. The molecule has 4 heterocycles. The van der Waals surface area contributed by atoms with Crippen LogP contribution in [0, 0.1) is 0 Å². The normalized spacial score (nSPS) is 22.3. The Labute approximate surface area is 186 Å². The topological polar surface area (TPSA) is 105 Å². The van der Waals surface area contributed by atoms with Gasteiger partial charge in [0.2, 0.25) is 5.91 Å². The number of nitrogens with zero attached hydrogens (tertiary/aromatic N) is 5. The number of likely N-dealkylation sites (tertiary alicyclic amines) is 1. The molecule has 2 atom stereocenters. The van der Waals surface area contributed by atoms with Crippen LogP contribution in [-0.2, 0) is 4.79 Å². The molecule has 0 unspecified atom stereocenters. The summed E-state index contributed by atoms with van der Waals surface area (Å²) >= 11 is 0. The van der Waals surface area contributed by atoms with Gasteiger partial charge in [0.1, 0.15) is 17.7 Å². The first kappa shape index (κ1) is 20.6. The van der Waals surface area contributed by atoms with E-state index in [4.69, 9.17) is 9.72 Å². The Hall–Kier alpha value is -3.33. The lowest BCUT2D eigenvalue weighted by molar-refractivity contribution is -0.127. The number of carbonyl (C=O) groups is 1. The van der Waals surface area contributed by atoms with E-state index in [1.165, 1.54) is 6.33 Å². The number of hydrogen-bond acceptors (Lipinski definition) is 8. The first-order valence-electron chi connectivity index (χ1n) is 11.1. The third kappa shape index (κ3) is 4.20. The number of hydrogen-bond donors (Lipinski definition) is 2. The second-order valence-corrected chi connectivity index (χ2v) is 8.40. The molecule has 0 aliphatic carbocycles. The fourth-order valence-electron chi connectivity index (χ4n) is 4.39. The molecule has 5 rings (SSSR count). The van der Waals surface area contributed by atoms with Gasteiger partial charge in [-0.15, -0.1) is 0 Å². The zero-order valence-corrected chi connectivity index (χ0v) is 18.1. The summed E-state index contributed by atoms with van der Waals surface area (Å²) in [6, 6.07) is 3.93. The summed E-state index contributed by atoms with van der Waals surface area (Å²) in [5.41, 5.74) is 3.24. The van der Waals surface area contributed by atoms with Crippen molar-refractivity contribution < 1.29 is 9.53 Å². The van der Waals surface area contributed by atoms with Gasteiger partial charge in [0, 0.05) is 42.7 Å². The molecule has 2 aliphatic heterocycles. The molecule has 0 radical (unpaired) electrons. The molecule has 1 amide bonds. The van der Waals surface area contributed by atoms with E-state index in [0.717, 1.165) is 48.9 Å². The van der Waals surface area contributed by atoms with E-state index in [9.17, 15) is 4.79 Å². The van der Waals surface area contributed by atoms with E-state index in [2.05, 4.69) is 30.5 Å². The average Bonchev–Trinajstić information content (AvgIpc) is 2.82. The summed E-state index contributed by atoms with van der Waals surface area (Å²) in [4.78, 5) is 32.7. The number of rotatable bonds is 1. The van der Waals surface area contributed by atoms with Gasteiger partial charge in [-0.1, -0.05) is 0 Å². The molecular weight excluding hydrogens is 406 g/mol. The standard InChI is InChI=1S/C23H27N7O2/c1-30-8-6-16-10-19(30)23(31)26-7-2-3-9-32-22-17(15-11-24-14-25-12-15)4-5-18-21(22)29-20(28-16)13-27-18/h4-5,11-14,16,19H,2-3,6-10H2,1H3,(H,26,31)(H,28,29)/t16-,19-/m0/s1. The third-order valence-corrected chi connectivity index (χ3v) is 6.18. The summed E-state index contributed by atoms with van der Waals surface area (Å²) in [5.74, 6) is 1.46. The van der Waals surface area contributed by atoms with Crippen molar-refractivity contribution in [3.63, 3.8) is 0 Å². The molecule has 2 aliphatic rings. The minimum Gasteiger partial charge on any atom is -0.491 e. The van der Waals surface area contributed by atoms with E-state index in [1.807, 2.05) is 19.2 Å². The van der Waals surface area contributed by atoms with Gasteiger partial charge in [-0.05, 0) is 44.9 Å². The van der Waals surface area contributed by atoms with Crippen LogP contribution in [0.4, 0.5) is 5.82 Å².